The minimum atomic E-state index is -2.09. The molecule has 13 heavy (non-hydrogen) atoms. The number of hydrogen-bond donors (Lipinski definition) is 3. The van der Waals surface area contributed by atoms with Crippen molar-refractivity contribution in [2.45, 2.75) is 31.7 Å². The topological polar surface area (TPSA) is 71.0 Å². The Hall–Kier alpha value is 0.230. The molecule has 0 aromatic rings. The van der Waals surface area contributed by atoms with Gasteiger partial charge >= 0.3 is 8.60 Å². The van der Waals surface area contributed by atoms with Crippen molar-refractivity contribution in [3.05, 3.63) is 0 Å². The molecule has 0 spiro atoms. The molecule has 5 nitrogen and oxygen atoms in total. The van der Waals surface area contributed by atoms with Crippen LogP contribution in [0.25, 0.3) is 0 Å². The molecule has 0 heterocycles. The molecule has 78 valence electrons. The molecule has 0 aromatic heterocycles. The maximum absolute atomic E-state index is 8.69. The van der Waals surface area contributed by atoms with Crippen molar-refractivity contribution in [3.8, 4) is 0 Å². The lowest BCUT2D eigenvalue weighted by Gasteiger charge is -2.11. The Morgan fingerprint density at radius 2 is 2.08 bits per heavy atom. The Labute approximate surface area is 79.0 Å². The van der Waals surface area contributed by atoms with Gasteiger partial charge in [0.05, 0.1) is 6.61 Å². The molecule has 0 aliphatic heterocycles. The number of hydrogen-bond acceptors (Lipinski definition) is 5. The van der Waals surface area contributed by atoms with Crippen LogP contribution in [0.3, 0.4) is 0 Å². The van der Waals surface area contributed by atoms with Crippen LogP contribution >= 0.6 is 8.60 Å². The Morgan fingerprint density at radius 3 is 2.69 bits per heavy atom. The fourth-order valence-electron chi connectivity index (χ4n) is 1.54. The molecule has 0 saturated heterocycles. The lowest BCUT2D eigenvalue weighted by Crippen LogP contribution is -2.29. The van der Waals surface area contributed by atoms with E-state index in [-0.39, 0.29) is 0 Å². The summed E-state index contributed by atoms with van der Waals surface area (Å²) in [5, 5.41) is 11.3. The van der Waals surface area contributed by atoms with Gasteiger partial charge in [-0.25, -0.2) is 5.26 Å². The van der Waals surface area contributed by atoms with Crippen LogP contribution in [-0.2, 0) is 9.20 Å². The molecule has 0 aromatic carbocycles. The van der Waals surface area contributed by atoms with E-state index in [1.807, 2.05) is 0 Å². The highest BCUT2D eigenvalue weighted by Crippen LogP contribution is 2.30. The maximum atomic E-state index is 8.69. The fraction of sp³-hybridized carbons (Fsp3) is 1.00. The lowest BCUT2D eigenvalue weighted by atomic mass is 10.2. The summed E-state index contributed by atoms with van der Waals surface area (Å²) in [6.45, 7) is 1.05. The second-order valence-electron chi connectivity index (χ2n) is 3.09. The molecule has 6 heteroatoms. The van der Waals surface area contributed by atoms with Gasteiger partial charge in [-0.2, -0.15) is 4.67 Å². The molecule has 1 saturated carbocycles. The molecule has 1 aliphatic rings. The van der Waals surface area contributed by atoms with E-state index >= 15 is 0 Å². The van der Waals surface area contributed by atoms with Crippen molar-refractivity contribution in [2.75, 3.05) is 13.2 Å². The first-order valence-electron chi connectivity index (χ1n) is 4.50. The lowest BCUT2D eigenvalue weighted by molar-refractivity contribution is -0.149. The minimum Gasteiger partial charge on any atom is -0.326 e. The summed E-state index contributed by atoms with van der Waals surface area (Å²) in [6.07, 6.45) is 5.05. The first kappa shape index (κ1) is 11.3. The van der Waals surface area contributed by atoms with Gasteiger partial charge in [0.15, 0.2) is 0 Å². The average Bonchev–Trinajstić information content (AvgIpc) is 2.64. The van der Waals surface area contributed by atoms with Gasteiger partial charge in [-0.3, -0.25) is 0 Å². The van der Waals surface area contributed by atoms with Crippen molar-refractivity contribution >= 4 is 8.60 Å². The number of nitrogens with one attached hydrogen (secondary N) is 1. The molecule has 1 atom stereocenters. The first-order valence-corrected chi connectivity index (χ1v) is 5.63. The predicted octanol–water partition coefficient (Wildman–Crippen LogP) is 1.24. The van der Waals surface area contributed by atoms with Crippen LogP contribution in [0.5, 0.6) is 0 Å². The van der Waals surface area contributed by atoms with E-state index in [0.717, 1.165) is 0 Å². The second kappa shape index (κ2) is 6.65. The second-order valence-corrected chi connectivity index (χ2v) is 3.99. The normalized spacial score (nSPS) is 20.8. The van der Waals surface area contributed by atoms with Gasteiger partial charge in [-0.15, -0.1) is 0 Å². The van der Waals surface area contributed by atoms with Gasteiger partial charge in [0.1, 0.15) is 0 Å². The van der Waals surface area contributed by atoms with Crippen molar-refractivity contribution < 1.29 is 19.3 Å². The predicted molar refractivity (Wildman–Crippen MR) is 49.1 cm³/mol. The van der Waals surface area contributed by atoms with Crippen LogP contribution in [0.15, 0.2) is 0 Å². The maximum Gasteiger partial charge on any atom is 0.359 e. The zero-order valence-corrected chi connectivity index (χ0v) is 8.37. The van der Waals surface area contributed by atoms with Gasteiger partial charge in [0.2, 0.25) is 0 Å². The summed E-state index contributed by atoms with van der Waals surface area (Å²) >= 11 is 0. The van der Waals surface area contributed by atoms with Crippen LogP contribution in [-0.4, -0.2) is 29.3 Å². The summed E-state index contributed by atoms with van der Waals surface area (Å²) in [5.74, 6) is 0. The Morgan fingerprint density at radius 1 is 1.38 bits per heavy atom. The highest BCUT2D eigenvalue weighted by molar-refractivity contribution is 7.40. The third kappa shape index (κ3) is 4.86. The third-order valence-electron chi connectivity index (χ3n) is 2.16. The van der Waals surface area contributed by atoms with Crippen LogP contribution in [0.2, 0.25) is 0 Å². The molecule has 1 rings (SSSR count). The van der Waals surface area contributed by atoms with Gasteiger partial charge < -0.3 is 14.7 Å². The Kier molecular flexibility index (Phi) is 5.78. The number of rotatable bonds is 6. The zero-order chi connectivity index (χ0) is 9.52. The first-order chi connectivity index (χ1) is 6.33. The van der Waals surface area contributed by atoms with E-state index in [1.54, 1.807) is 0 Å². The Bertz CT molecular complexity index is 132. The molecular weight excluding hydrogens is 193 g/mol. The molecular formula is C7H16NO4P. The van der Waals surface area contributed by atoms with E-state index in [4.69, 9.17) is 14.7 Å². The molecule has 1 fully saturated rings. The smallest absolute Gasteiger partial charge is 0.326 e. The molecule has 0 bridgehead atoms. The summed E-state index contributed by atoms with van der Waals surface area (Å²) in [5.41, 5.74) is 0. The van der Waals surface area contributed by atoms with Crippen LogP contribution in [0, 0.1) is 0 Å². The van der Waals surface area contributed by atoms with Gasteiger partial charge in [0.25, 0.3) is 0 Å². The monoisotopic (exact) mass is 209 g/mol. The van der Waals surface area contributed by atoms with E-state index in [2.05, 4.69) is 9.99 Å². The minimum absolute atomic E-state index is 0.360. The highest BCUT2D eigenvalue weighted by Gasteiger charge is 2.13. The average molecular weight is 209 g/mol. The molecule has 1 unspecified atom stereocenters. The van der Waals surface area contributed by atoms with Crippen molar-refractivity contribution in [2.24, 2.45) is 0 Å². The molecule has 0 radical (unpaired) electrons. The molecule has 3 N–H and O–H groups in total. The van der Waals surface area contributed by atoms with E-state index in [1.165, 1.54) is 25.7 Å². The van der Waals surface area contributed by atoms with Crippen LogP contribution in [0.4, 0.5) is 0 Å². The summed E-state index contributed by atoms with van der Waals surface area (Å²) in [7, 11) is -2.09. The van der Waals surface area contributed by atoms with E-state index in [9.17, 15) is 0 Å². The van der Waals surface area contributed by atoms with Crippen molar-refractivity contribution in [3.63, 3.8) is 0 Å². The van der Waals surface area contributed by atoms with Crippen molar-refractivity contribution in [1.29, 1.82) is 0 Å². The molecule has 1 aliphatic carbocycles. The SMILES string of the molecule is OOP(O)OCCNC1CCCC1. The fourth-order valence-corrected chi connectivity index (χ4v) is 1.83. The Balaban J connectivity index is 1.88. The van der Waals surface area contributed by atoms with Gasteiger partial charge in [-0.1, -0.05) is 12.8 Å². The standard InChI is InChI=1S/C7H16NO4P/c9-12-13(10)11-6-5-8-7-3-1-2-4-7/h7-10H,1-6H2. The van der Waals surface area contributed by atoms with Crippen molar-refractivity contribution in [1.82, 2.24) is 5.32 Å². The highest BCUT2D eigenvalue weighted by atomic mass is 31.2. The summed E-state index contributed by atoms with van der Waals surface area (Å²) < 4.78 is 8.33. The van der Waals surface area contributed by atoms with Crippen LogP contribution in [0.1, 0.15) is 25.7 Å². The van der Waals surface area contributed by atoms with E-state index in [0.29, 0.717) is 19.2 Å². The van der Waals surface area contributed by atoms with Crippen LogP contribution < -0.4 is 5.32 Å². The molecule has 0 amide bonds. The zero-order valence-electron chi connectivity index (χ0n) is 7.48. The quantitative estimate of drug-likeness (QED) is 0.266. The summed E-state index contributed by atoms with van der Waals surface area (Å²) in [4.78, 5) is 8.69. The van der Waals surface area contributed by atoms with Gasteiger partial charge in [-0.05, 0) is 12.8 Å². The van der Waals surface area contributed by atoms with Gasteiger partial charge in [0, 0.05) is 12.6 Å². The largest absolute Gasteiger partial charge is 0.359 e. The third-order valence-corrected chi connectivity index (χ3v) is 2.70. The summed E-state index contributed by atoms with van der Waals surface area (Å²) in [6, 6.07) is 0.601. The van der Waals surface area contributed by atoms with E-state index < -0.39 is 8.60 Å².